The van der Waals surface area contributed by atoms with Gasteiger partial charge in [-0.1, -0.05) is 95.9 Å². The molecule has 3 unspecified atom stereocenters. The van der Waals surface area contributed by atoms with Crippen LogP contribution >= 0.6 is 7.82 Å². The van der Waals surface area contributed by atoms with Gasteiger partial charge in [-0.2, -0.15) is 0 Å². The summed E-state index contributed by atoms with van der Waals surface area (Å²) in [5, 5.41) is 18.9. The summed E-state index contributed by atoms with van der Waals surface area (Å²) in [6.45, 7) is 1.98. The number of carbonyl (C=O) groups is 2. The molecule has 0 aromatic rings. The zero-order valence-corrected chi connectivity index (χ0v) is 27.6. The van der Waals surface area contributed by atoms with Crippen LogP contribution in [0.25, 0.3) is 0 Å². The Bertz CT molecular complexity index is 786. The van der Waals surface area contributed by atoms with E-state index in [-0.39, 0.29) is 12.8 Å². The molecule has 0 spiro atoms. The molecule has 0 aliphatic heterocycles. The monoisotopic (exact) mass is 634 g/mol. The summed E-state index contributed by atoms with van der Waals surface area (Å²) in [7, 11) is -4.61. The van der Waals surface area contributed by atoms with E-state index in [1.165, 1.54) is 32.1 Å². The molecule has 0 aliphatic carbocycles. The average molecular weight is 635 g/mol. The molecule has 0 aliphatic rings. The first-order chi connectivity index (χ1) is 20.8. The van der Waals surface area contributed by atoms with Gasteiger partial charge >= 0.3 is 19.8 Å². The van der Waals surface area contributed by atoms with Crippen molar-refractivity contribution < 1.29 is 47.8 Å². The number of unbranched alkanes of at least 4 members (excludes halogenated alkanes) is 12. The van der Waals surface area contributed by atoms with Gasteiger partial charge in [0.1, 0.15) is 12.2 Å². The molecule has 0 amide bonds. The van der Waals surface area contributed by atoms with Crippen molar-refractivity contribution in [1.29, 1.82) is 0 Å². The van der Waals surface area contributed by atoms with Gasteiger partial charge in [0, 0.05) is 12.8 Å². The van der Waals surface area contributed by atoms with Crippen LogP contribution in [0, 0.1) is 0 Å². The summed E-state index contributed by atoms with van der Waals surface area (Å²) in [5.74, 6) is -1.05. The van der Waals surface area contributed by atoms with Crippen LogP contribution in [0.1, 0.15) is 129 Å². The lowest BCUT2D eigenvalue weighted by molar-refractivity contribution is -0.153. The first-order valence-electron chi connectivity index (χ1n) is 16.3. The highest BCUT2D eigenvalue weighted by molar-refractivity contribution is 7.47. The van der Waals surface area contributed by atoms with Crippen molar-refractivity contribution in [3.8, 4) is 0 Å². The maximum Gasteiger partial charge on any atom is 0.472 e. The average Bonchev–Trinajstić information content (AvgIpc) is 2.99. The Kier molecular flexibility index (Phi) is 28.1. The molecule has 11 heteroatoms. The SMILES string of the molecule is CCCCCC/C=C\C/C=C\CCCCCCCC(=O)OC(CO)COP(=O)(O)OCC(CO)OC(=O)CCCCCC. The Morgan fingerprint density at radius 2 is 1.02 bits per heavy atom. The second kappa shape index (κ2) is 29.2. The number of aliphatic hydroxyl groups is 2. The van der Waals surface area contributed by atoms with Gasteiger partial charge in [0.25, 0.3) is 0 Å². The number of allylic oxidation sites excluding steroid dienone is 4. The van der Waals surface area contributed by atoms with Crippen molar-refractivity contribution in [1.82, 2.24) is 0 Å². The molecule has 0 fully saturated rings. The van der Waals surface area contributed by atoms with Gasteiger partial charge in [0.05, 0.1) is 26.4 Å². The largest absolute Gasteiger partial charge is 0.472 e. The van der Waals surface area contributed by atoms with Crippen LogP contribution in [0.5, 0.6) is 0 Å². The highest BCUT2D eigenvalue weighted by Crippen LogP contribution is 2.43. The normalized spacial score (nSPS) is 14.6. The number of ether oxygens (including phenoxy) is 2. The van der Waals surface area contributed by atoms with Gasteiger partial charge in [-0.25, -0.2) is 4.57 Å². The standard InChI is InChI=1S/C32H59O10P/c1-3-5-7-9-10-11-12-13-14-15-16-17-18-19-20-22-24-32(36)42-30(26-34)28-40-43(37,38)39-27-29(25-33)41-31(35)23-21-8-6-4-2/h11-12,14-15,29-30,33-34H,3-10,13,16-28H2,1-2H3,(H,37,38)/b12-11-,15-14-. The molecule has 0 aromatic heterocycles. The number of hydrogen-bond donors (Lipinski definition) is 3. The third-order valence-corrected chi connectivity index (χ3v) is 7.62. The highest BCUT2D eigenvalue weighted by atomic mass is 31.2. The molecule has 0 heterocycles. The summed E-state index contributed by atoms with van der Waals surface area (Å²) >= 11 is 0. The molecule has 252 valence electrons. The zero-order chi connectivity index (χ0) is 32.0. The Balaban J connectivity index is 4.00. The maximum absolute atomic E-state index is 12.2. The van der Waals surface area contributed by atoms with Crippen LogP contribution in [-0.4, -0.2) is 65.7 Å². The fourth-order valence-corrected chi connectivity index (χ4v) is 4.87. The summed E-state index contributed by atoms with van der Waals surface area (Å²) in [6, 6.07) is 0. The number of aliphatic hydroxyl groups excluding tert-OH is 2. The van der Waals surface area contributed by atoms with Gasteiger partial charge in [0.2, 0.25) is 0 Å². The Morgan fingerprint density at radius 1 is 0.628 bits per heavy atom. The van der Waals surface area contributed by atoms with E-state index in [1.807, 2.05) is 0 Å². The Hall–Kier alpha value is -1.55. The molecule has 0 rings (SSSR count). The van der Waals surface area contributed by atoms with E-state index >= 15 is 0 Å². The van der Waals surface area contributed by atoms with Gasteiger partial charge in [-0.15, -0.1) is 0 Å². The highest BCUT2D eigenvalue weighted by Gasteiger charge is 2.27. The van der Waals surface area contributed by atoms with Crippen molar-refractivity contribution >= 4 is 19.8 Å². The van der Waals surface area contributed by atoms with E-state index < -0.39 is 58.4 Å². The third kappa shape index (κ3) is 27.7. The van der Waals surface area contributed by atoms with E-state index in [0.29, 0.717) is 12.8 Å². The minimum atomic E-state index is -4.61. The van der Waals surface area contributed by atoms with E-state index in [4.69, 9.17) is 18.5 Å². The predicted octanol–water partition coefficient (Wildman–Crippen LogP) is 7.10. The van der Waals surface area contributed by atoms with Crippen LogP contribution in [0.15, 0.2) is 24.3 Å². The fourth-order valence-electron chi connectivity index (χ4n) is 4.08. The summed E-state index contributed by atoms with van der Waals surface area (Å²) in [4.78, 5) is 33.9. The molecule has 0 radical (unpaired) electrons. The van der Waals surface area contributed by atoms with Gasteiger partial charge in [0.15, 0.2) is 0 Å². The van der Waals surface area contributed by atoms with Gasteiger partial charge in [-0.05, 0) is 44.9 Å². The molecular formula is C32H59O10P. The van der Waals surface area contributed by atoms with Crippen molar-refractivity contribution in [2.75, 3.05) is 26.4 Å². The maximum atomic E-state index is 12.2. The zero-order valence-electron chi connectivity index (χ0n) is 26.7. The molecule has 0 saturated carbocycles. The Labute approximate surface area is 259 Å². The van der Waals surface area contributed by atoms with Crippen molar-refractivity contribution in [2.24, 2.45) is 0 Å². The number of phosphoric ester groups is 1. The van der Waals surface area contributed by atoms with Crippen LogP contribution in [0.4, 0.5) is 0 Å². The second-order valence-corrected chi connectivity index (χ2v) is 12.2. The molecule has 43 heavy (non-hydrogen) atoms. The van der Waals surface area contributed by atoms with Gasteiger partial charge in [-0.3, -0.25) is 18.6 Å². The van der Waals surface area contributed by atoms with Gasteiger partial charge < -0.3 is 24.6 Å². The van der Waals surface area contributed by atoms with Crippen LogP contribution < -0.4 is 0 Å². The summed E-state index contributed by atoms with van der Waals surface area (Å²) < 4.78 is 32.0. The summed E-state index contributed by atoms with van der Waals surface area (Å²) in [5.41, 5.74) is 0. The predicted molar refractivity (Wildman–Crippen MR) is 168 cm³/mol. The smallest absolute Gasteiger partial charge is 0.457 e. The van der Waals surface area contributed by atoms with Crippen LogP contribution in [0.3, 0.4) is 0 Å². The molecule has 0 aromatic carbocycles. The molecule has 3 N–H and O–H groups in total. The molecule has 10 nitrogen and oxygen atoms in total. The van der Waals surface area contributed by atoms with E-state index in [1.54, 1.807) is 0 Å². The van der Waals surface area contributed by atoms with Crippen molar-refractivity contribution in [3.05, 3.63) is 24.3 Å². The molecule has 0 bridgehead atoms. The number of esters is 2. The summed E-state index contributed by atoms with van der Waals surface area (Å²) in [6.07, 6.45) is 23.8. The fraction of sp³-hybridized carbons (Fsp3) is 0.812. The second-order valence-electron chi connectivity index (χ2n) is 10.8. The van der Waals surface area contributed by atoms with E-state index in [9.17, 15) is 29.3 Å². The number of carbonyl (C=O) groups excluding carboxylic acids is 2. The molecular weight excluding hydrogens is 575 g/mol. The van der Waals surface area contributed by atoms with E-state index in [2.05, 4.69) is 38.2 Å². The lowest BCUT2D eigenvalue weighted by Crippen LogP contribution is -2.28. The Morgan fingerprint density at radius 3 is 1.47 bits per heavy atom. The molecule has 3 atom stereocenters. The molecule has 0 saturated heterocycles. The van der Waals surface area contributed by atoms with Crippen molar-refractivity contribution in [3.63, 3.8) is 0 Å². The first-order valence-corrected chi connectivity index (χ1v) is 17.8. The number of phosphoric acid groups is 1. The number of rotatable bonds is 30. The lowest BCUT2D eigenvalue weighted by Gasteiger charge is -2.20. The third-order valence-electron chi connectivity index (χ3n) is 6.67. The lowest BCUT2D eigenvalue weighted by atomic mass is 10.1. The topological polar surface area (TPSA) is 149 Å². The number of hydrogen-bond acceptors (Lipinski definition) is 9. The van der Waals surface area contributed by atoms with Crippen LogP contribution in [-0.2, 0) is 32.7 Å². The minimum absolute atomic E-state index is 0.177. The van der Waals surface area contributed by atoms with Crippen molar-refractivity contribution in [2.45, 2.75) is 142 Å². The van der Waals surface area contributed by atoms with E-state index in [0.717, 1.165) is 57.8 Å². The minimum Gasteiger partial charge on any atom is -0.457 e. The first kappa shape index (κ1) is 41.4. The quantitative estimate of drug-likeness (QED) is 0.0323. The van der Waals surface area contributed by atoms with Crippen LogP contribution in [0.2, 0.25) is 0 Å².